The fourth-order valence-corrected chi connectivity index (χ4v) is 3.43. The summed E-state index contributed by atoms with van der Waals surface area (Å²) in [6, 6.07) is 9.40. The van der Waals surface area contributed by atoms with E-state index >= 15 is 0 Å². The largest absolute Gasteiger partial charge is 0.397 e. The Balaban J connectivity index is 2.36. The molecule has 1 aromatic carbocycles. The Bertz CT molecular complexity index is 855. The molecule has 4 nitrogen and oxygen atoms in total. The molecule has 0 aliphatic carbocycles. The zero-order valence-electron chi connectivity index (χ0n) is 11.2. The van der Waals surface area contributed by atoms with Crippen molar-refractivity contribution in [2.75, 3.05) is 5.73 Å². The lowest BCUT2D eigenvalue weighted by atomic mass is 10.0. The Morgan fingerprint density at radius 1 is 1.29 bits per heavy atom. The van der Waals surface area contributed by atoms with Crippen LogP contribution in [-0.2, 0) is 0 Å². The van der Waals surface area contributed by atoms with Crippen LogP contribution in [0, 0.1) is 6.92 Å². The number of anilines is 1. The Labute approximate surface area is 130 Å². The minimum atomic E-state index is -0.532. The number of primary amides is 1. The van der Waals surface area contributed by atoms with Gasteiger partial charge in [-0.3, -0.25) is 4.79 Å². The van der Waals surface area contributed by atoms with E-state index in [0.29, 0.717) is 20.4 Å². The fourth-order valence-electron chi connectivity index (χ4n) is 2.28. The second kappa shape index (κ2) is 5.02. The maximum absolute atomic E-state index is 11.5. The monoisotopic (exact) mass is 317 g/mol. The van der Waals surface area contributed by atoms with Crippen molar-refractivity contribution >= 4 is 44.7 Å². The zero-order valence-corrected chi connectivity index (χ0v) is 12.8. The quantitative estimate of drug-likeness (QED) is 0.757. The summed E-state index contributed by atoms with van der Waals surface area (Å²) in [6.45, 7) is 1.90. The van der Waals surface area contributed by atoms with Crippen LogP contribution in [0.2, 0.25) is 5.02 Å². The predicted molar refractivity (Wildman–Crippen MR) is 87.7 cm³/mol. The number of carbonyl (C=O) groups excluding carboxylic acids is 1. The van der Waals surface area contributed by atoms with Crippen LogP contribution in [0.25, 0.3) is 21.3 Å². The van der Waals surface area contributed by atoms with E-state index in [-0.39, 0.29) is 0 Å². The second-order valence-electron chi connectivity index (χ2n) is 4.71. The molecular weight excluding hydrogens is 306 g/mol. The van der Waals surface area contributed by atoms with Gasteiger partial charge in [0.05, 0.1) is 5.69 Å². The molecule has 0 aliphatic heterocycles. The molecule has 0 unspecified atom stereocenters. The number of nitrogens with two attached hydrogens (primary N) is 2. The molecule has 0 aliphatic rings. The average Bonchev–Trinajstić information content (AvgIpc) is 2.76. The molecular formula is C15H12ClN3OS. The van der Waals surface area contributed by atoms with Crippen LogP contribution in [0.5, 0.6) is 0 Å². The lowest BCUT2D eigenvalue weighted by Gasteiger charge is -2.06. The van der Waals surface area contributed by atoms with Gasteiger partial charge >= 0.3 is 0 Å². The summed E-state index contributed by atoms with van der Waals surface area (Å²) >= 11 is 7.15. The highest BCUT2D eigenvalue weighted by Gasteiger charge is 2.18. The summed E-state index contributed by atoms with van der Waals surface area (Å²) in [6.07, 6.45) is 0. The highest BCUT2D eigenvalue weighted by molar-refractivity contribution is 7.21. The Hall–Kier alpha value is -2.11. The standard InChI is InChI=1S/C15H12ClN3OS/c1-7-6-10(8-2-4-9(16)5-3-8)11-12(17)13(14(18)20)21-15(11)19-7/h2-6H,17H2,1H3,(H2,18,20). The van der Waals surface area contributed by atoms with Gasteiger partial charge in [0.2, 0.25) is 0 Å². The molecule has 4 N–H and O–H groups in total. The summed E-state index contributed by atoms with van der Waals surface area (Å²) in [7, 11) is 0. The van der Waals surface area contributed by atoms with Crippen LogP contribution >= 0.6 is 22.9 Å². The second-order valence-corrected chi connectivity index (χ2v) is 6.14. The lowest BCUT2D eigenvalue weighted by molar-refractivity contribution is 0.100. The predicted octanol–water partition coefficient (Wildman–Crippen LogP) is 3.61. The maximum atomic E-state index is 11.5. The summed E-state index contributed by atoms with van der Waals surface area (Å²) in [5, 5.41) is 1.43. The topological polar surface area (TPSA) is 82.0 Å². The molecule has 0 bridgehead atoms. The van der Waals surface area contributed by atoms with Crippen LogP contribution in [0.3, 0.4) is 0 Å². The van der Waals surface area contributed by atoms with Crippen LogP contribution in [0.15, 0.2) is 30.3 Å². The third-order valence-corrected chi connectivity index (χ3v) is 4.57. The van der Waals surface area contributed by atoms with Crippen molar-refractivity contribution < 1.29 is 4.79 Å². The molecule has 0 saturated heterocycles. The van der Waals surface area contributed by atoms with Crippen molar-refractivity contribution in [1.29, 1.82) is 0 Å². The number of amides is 1. The van der Waals surface area contributed by atoms with E-state index in [1.165, 1.54) is 11.3 Å². The molecule has 6 heteroatoms. The first-order valence-corrected chi connectivity index (χ1v) is 7.42. The minimum absolute atomic E-state index is 0.346. The normalized spacial score (nSPS) is 11.0. The van der Waals surface area contributed by atoms with Gasteiger partial charge in [-0.1, -0.05) is 23.7 Å². The summed E-state index contributed by atoms with van der Waals surface area (Å²) in [4.78, 5) is 17.0. The molecule has 3 rings (SSSR count). The molecule has 2 heterocycles. The zero-order chi connectivity index (χ0) is 15.1. The van der Waals surface area contributed by atoms with E-state index in [9.17, 15) is 4.79 Å². The number of carbonyl (C=O) groups is 1. The number of halogens is 1. The van der Waals surface area contributed by atoms with Crippen molar-refractivity contribution in [1.82, 2.24) is 4.98 Å². The highest BCUT2D eigenvalue weighted by atomic mass is 35.5. The fraction of sp³-hybridized carbons (Fsp3) is 0.0667. The SMILES string of the molecule is Cc1cc(-c2ccc(Cl)cc2)c2c(N)c(C(N)=O)sc2n1. The van der Waals surface area contributed by atoms with Gasteiger partial charge in [0.25, 0.3) is 5.91 Å². The average molecular weight is 318 g/mol. The number of benzene rings is 1. The first kappa shape index (κ1) is 13.9. The highest BCUT2D eigenvalue weighted by Crippen LogP contribution is 2.39. The number of rotatable bonds is 2. The van der Waals surface area contributed by atoms with E-state index < -0.39 is 5.91 Å². The first-order chi connectivity index (χ1) is 9.97. The van der Waals surface area contributed by atoms with Gasteiger partial charge in [0, 0.05) is 16.1 Å². The number of hydrogen-bond acceptors (Lipinski definition) is 4. The Morgan fingerprint density at radius 3 is 2.57 bits per heavy atom. The maximum Gasteiger partial charge on any atom is 0.260 e. The number of aryl methyl sites for hydroxylation is 1. The van der Waals surface area contributed by atoms with E-state index in [1.807, 2.05) is 37.3 Å². The third-order valence-electron chi connectivity index (χ3n) is 3.21. The molecule has 0 fully saturated rings. The summed E-state index contributed by atoms with van der Waals surface area (Å²) in [5.41, 5.74) is 14.6. The van der Waals surface area contributed by atoms with Crippen LogP contribution in [-0.4, -0.2) is 10.9 Å². The van der Waals surface area contributed by atoms with Crippen LogP contribution in [0.4, 0.5) is 5.69 Å². The minimum Gasteiger partial charge on any atom is -0.397 e. The number of fused-ring (bicyclic) bond motifs is 1. The number of thiophene rings is 1. The lowest BCUT2D eigenvalue weighted by Crippen LogP contribution is -2.10. The van der Waals surface area contributed by atoms with Gasteiger partial charge in [-0.15, -0.1) is 11.3 Å². The molecule has 0 saturated carbocycles. The molecule has 106 valence electrons. The van der Waals surface area contributed by atoms with E-state index in [2.05, 4.69) is 4.98 Å². The third kappa shape index (κ3) is 2.34. The number of pyridine rings is 1. The van der Waals surface area contributed by atoms with E-state index in [0.717, 1.165) is 22.2 Å². The molecule has 0 radical (unpaired) electrons. The molecule has 21 heavy (non-hydrogen) atoms. The molecule has 1 amide bonds. The van der Waals surface area contributed by atoms with Crippen molar-refractivity contribution in [2.45, 2.75) is 6.92 Å². The number of hydrogen-bond donors (Lipinski definition) is 2. The van der Waals surface area contributed by atoms with Gasteiger partial charge in [-0.2, -0.15) is 0 Å². The Morgan fingerprint density at radius 2 is 1.95 bits per heavy atom. The Kier molecular flexibility index (Phi) is 3.31. The van der Waals surface area contributed by atoms with Gasteiger partial charge in [0.1, 0.15) is 9.71 Å². The number of aromatic nitrogens is 1. The smallest absolute Gasteiger partial charge is 0.260 e. The summed E-state index contributed by atoms with van der Waals surface area (Å²) < 4.78 is 0. The molecule has 0 atom stereocenters. The van der Waals surface area contributed by atoms with Crippen molar-refractivity contribution in [3.05, 3.63) is 45.9 Å². The van der Waals surface area contributed by atoms with Crippen molar-refractivity contribution in [2.24, 2.45) is 5.73 Å². The van der Waals surface area contributed by atoms with Gasteiger partial charge in [0.15, 0.2) is 0 Å². The number of nitrogens with zero attached hydrogens (tertiary/aromatic N) is 1. The van der Waals surface area contributed by atoms with Crippen molar-refractivity contribution in [3.63, 3.8) is 0 Å². The van der Waals surface area contributed by atoms with Crippen molar-refractivity contribution in [3.8, 4) is 11.1 Å². The van der Waals surface area contributed by atoms with Crippen LogP contribution < -0.4 is 11.5 Å². The number of nitrogen functional groups attached to an aromatic ring is 1. The van der Waals surface area contributed by atoms with Crippen LogP contribution in [0.1, 0.15) is 15.4 Å². The summed E-state index contributed by atoms with van der Waals surface area (Å²) in [5.74, 6) is -0.532. The first-order valence-electron chi connectivity index (χ1n) is 6.22. The van der Waals surface area contributed by atoms with E-state index in [1.54, 1.807) is 0 Å². The van der Waals surface area contributed by atoms with Gasteiger partial charge in [-0.05, 0) is 36.2 Å². The van der Waals surface area contributed by atoms with Gasteiger partial charge < -0.3 is 11.5 Å². The van der Waals surface area contributed by atoms with E-state index in [4.69, 9.17) is 23.1 Å². The molecule has 2 aromatic heterocycles. The molecule has 0 spiro atoms. The van der Waals surface area contributed by atoms with Gasteiger partial charge in [-0.25, -0.2) is 4.98 Å². The molecule has 3 aromatic rings.